The largest absolute Gasteiger partial charge is 0.385 e. The summed E-state index contributed by atoms with van der Waals surface area (Å²) in [5, 5.41) is 25.5. The Morgan fingerprint density at radius 1 is 1.46 bits per heavy atom. The SMILES string of the molecule is N#C[C@H](NC(=O)CCCNc1ccc([N+](=O)[O-])cc1)[C@@H]1CCOC1. The number of nitrogens with zero attached hydrogens (tertiary/aromatic N) is 2. The third-order valence-corrected chi connectivity index (χ3v) is 3.88. The minimum absolute atomic E-state index is 0.0402. The number of nitro benzene ring substituents is 1. The Hall–Kier alpha value is -2.66. The number of benzene rings is 1. The second-order valence-corrected chi connectivity index (χ2v) is 5.63. The highest BCUT2D eigenvalue weighted by Gasteiger charge is 2.26. The van der Waals surface area contributed by atoms with Crippen LogP contribution in [0.4, 0.5) is 11.4 Å². The summed E-state index contributed by atoms with van der Waals surface area (Å²) in [6.07, 6.45) is 1.70. The van der Waals surface area contributed by atoms with Crippen LogP contribution in [0.15, 0.2) is 24.3 Å². The van der Waals surface area contributed by atoms with Crippen LogP contribution in [0.1, 0.15) is 19.3 Å². The van der Waals surface area contributed by atoms with Crippen molar-refractivity contribution in [1.29, 1.82) is 5.26 Å². The molecule has 2 rings (SSSR count). The van der Waals surface area contributed by atoms with Crippen molar-refractivity contribution in [2.75, 3.05) is 25.1 Å². The molecule has 0 bridgehead atoms. The Morgan fingerprint density at radius 3 is 2.79 bits per heavy atom. The van der Waals surface area contributed by atoms with Gasteiger partial charge in [0, 0.05) is 43.3 Å². The van der Waals surface area contributed by atoms with Crippen LogP contribution in [0, 0.1) is 27.4 Å². The van der Waals surface area contributed by atoms with Crippen LogP contribution in [-0.4, -0.2) is 36.6 Å². The molecule has 8 heteroatoms. The van der Waals surface area contributed by atoms with Crippen LogP contribution >= 0.6 is 0 Å². The predicted octanol–water partition coefficient (Wildman–Crippen LogP) is 1.83. The van der Waals surface area contributed by atoms with Gasteiger partial charge in [0.15, 0.2) is 0 Å². The van der Waals surface area contributed by atoms with Gasteiger partial charge in [-0.1, -0.05) is 0 Å². The van der Waals surface area contributed by atoms with Gasteiger partial charge in [-0.2, -0.15) is 5.26 Å². The normalized spacial score (nSPS) is 17.7. The molecule has 2 N–H and O–H groups in total. The second-order valence-electron chi connectivity index (χ2n) is 5.63. The molecule has 1 saturated heterocycles. The summed E-state index contributed by atoms with van der Waals surface area (Å²) in [4.78, 5) is 22.0. The average Bonchev–Trinajstić information content (AvgIpc) is 3.11. The maximum atomic E-state index is 11.9. The van der Waals surface area contributed by atoms with E-state index in [-0.39, 0.29) is 17.5 Å². The summed E-state index contributed by atoms with van der Waals surface area (Å²) >= 11 is 0. The predicted molar refractivity (Wildman–Crippen MR) is 87.3 cm³/mol. The van der Waals surface area contributed by atoms with E-state index >= 15 is 0 Å². The lowest BCUT2D eigenvalue weighted by Crippen LogP contribution is -2.39. The van der Waals surface area contributed by atoms with Gasteiger partial charge in [0.1, 0.15) is 6.04 Å². The topological polar surface area (TPSA) is 117 Å². The van der Waals surface area contributed by atoms with E-state index in [1.807, 2.05) is 0 Å². The molecule has 1 aromatic rings. The Labute approximate surface area is 139 Å². The molecule has 0 spiro atoms. The van der Waals surface area contributed by atoms with Gasteiger partial charge >= 0.3 is 0 Å². The van der Waals surface area contributed by atoms with Gasteiger partial charge in [-0.05, 0) is 25.0 Å². The molecule has 1 aliphatic rings. The number of hydrogen-bond donors (Lipinski definition) is 2. The highest BCUT2D eigenvalue weighted by molar-refractivity contribution is 5.76. The molecule has 0 unspecified atom stereocenters. The van der Waals surface area contributed by atoms with Crippen molar-refractivity contribution in [3.05, 3.63) is 34.4 Å². The number of ether oxygens (including phenoxy) is 1. The summed E-state index contributed by atoms with van der Waals surface area (Å²) in [6, 6.07) is 7.74. The standard InChI is InChI=1S/C16H20N4O4/c17-10-15(12-7-9-24-11-12)19-16(21)2-1-8-18-13-3-5-14(6-4-13)20(22)23/h3-6,12,15,18H,1-2,7-9,11H2,(H,19,21)/t12-,15+/m1/s1. The molecule has 1 heterocycles. The fraction of sp³-hybridized carbons (Fsp3) is 0.500. The fourth-order valence-corrected chi connectivity index (χ4v) is 2.50. The van der Waals surface area contributed by atoms with Crippen molar-refractivity contribution in [3.8, 4) is 6.07 Å². The molecule has 1 amide bonds. The van der Waals surface area contributed by atoms with Crippen LogP contribution in [0.3, 0.4) is 0 Å². The van der Waals surface area contributed by atoms with Gasteiger partial charge in [0.25, 0.3) is 5.69 Å². The van der Waals surface area contributed by atoms with E-state index in [0.717, 1.165) is 12.1 Å². The first-order valence-electron chi connectivity index (χ1n) is 7.85. The second kappa shape index (κ2) is 8.84. The minimum Gasteiger partial charge on any atom is -0.385 e. The zero-order chi connectivity index (χ0) is 17.4. The summed E-state index contributed by atoms with van der Waals surface area (Å²) < 4.78 is 5.24. The van der Waals surface area contributed by atoms with Crippen LogP contribution < -0.4 is 10.6 Å². The molecule has 2 atom stereocenters. The van der Waals surface area contributed by atoms with Gasteiger partial charge < -0.3 is 15.4 Å². The number of amides is 1. The minimum atomic E-state index is -0.498. The molecule has 128 valence electrons. The monoisotopic (exact) mass is 332 g/mol. The van der Waals surface area contributed by atoms with Crippen LogP contribution in [0.5, 0.6) is 0 Å². The first-order chi connectivity index (χ1) is 11.6. The molecule has 0 radical (unpaired) electrons. The number of non-ortho nitro benzene ring substituents is 1. The summed E-state index contributed by atoms with van der Waals surface area (Å²) in [5.74, 6) is -0.0869. The molecule has 24 heavy (non-hydrogen) atoms. The maximum Gasteiger partial charge on any atom is 0.269 e. The summed E-state index contributed by atoms with van der Waals surface area (Å²) in [6.45, 7) is 1.72. The number of hydrogen-bond acceptors (Lipinski definition) is 6. The van der Waals surface area contributed by atoms with Gasteiger partial charge in [0.05, 0.1) is 17.6 Å². The number of rotatable bonds is 8. The maximum absolute atomic E-state index is 11.9. The zero-order valence-corrected chi connectivity index (χ0v) is 13.2. The van der Waals surface area contributed by atoms with E-state index < -0.39 is 11.0 Å². The number of carbonyl (C=O) groups is 1. The van der Waals surface area contributed by atoms with Crippen molar-refractivity contribution in [2.24, 2.45) is 5.92 Å². The highest BCUT2D eigenvalue weighted by Crippen LogP contribution is 2.17. The smallest absolute Gasteiger partial charge is 0.269 e. The average molecular weight is 332 g/mol. The number of anilines is 1. The molecular formula is C16H20N4O4. The van der Waals surface area contributed by atoms with Crippen LogP contribution in [-0.2, 0) is 9.53 Å². The van der Waals surface area contributed by atoms with E-state index in [0.29, 0.717) is 32.6 Å². The summed E-state index contributed by atoms with van der Waals surface area (Å²) in [5.41, 5.74) is 0.803. The molecule has 8 nitrogen and oxygen atoms in total. The molecule has 1 aliphatic heterocycles. The lowest BCUT2D eigenvalue weighted by molar-refractivity contribution is -0.384. The van der Waals surface area contributed by atoms with Gasteiger partial charge in [0.2, 0.25) is 5.91 Å². The Morgan fingerprint density at radius 2 is 2.21 bits per heavy atom. The molecule has 1 aromatic carbocycles. The number of nitrogens with one attached hydrogen (secondary N) is 2. The number of nitriles is 1. The van der Waals surface area contributed by atoms with Crippen molar-refractivity contribution in [2.45, 2.75) is 25.3 Å². The number of nitro groups is 1. The lowest BCUT2D eigenvalue weighted by Gasteiger charge is -2.16. The van der Waals surface area contributed by atoms with Gasteiger partial charge in [-0.3, -0.25) is 14.9 Å². The molecule has 0 aliphatic carbocycles. The van der Waals surface area contributed by atoms with E-state index in [9.17, 15) is 14.9 Å². The molecule has 1 fully saturated rings. The van der Waals surface area contributed by atoms with Crippen LogP contribution in [0.2, 0.25) is 0 Å². The van der Waals surface area contributed by atoms with Gasteiger partial charge in [-0.25, -0.2) is 0 Å². The lowest BCUT2D eigenvalue weighted by atomic mass is 10.00. The number of carbonyl (C=O) groups excluding carboxylic acids is 1. The summed E-state index contributed by atoms with van der Waals surface area (Å²) in [7, 11) is 0. The van der Waals surface area contributed by atoms with Crippen molar-refractivity contribution in [3.63, 3.8) is 0 Å². The fourth-order valence-electron chi connectivity index (χ4n) is 2.50. The van der Waals surface area contributed by atoms with Crippen molar-refractivity contribution >= 4 is 17.3 Å². The third-order valence-electron chi connectivity index (χ3n) is 3.88. The first-order valence-corrected chi connectivity index (χ1v) is 7.85. The van der Waals surface area contributed by atoms with E-state index in [2.05, 4.69) is 16.7 Å². The quantitative estimate of drug-likeness (QED) is 0.426. The van der Waals surface area contributed by atoms with Gasteiger partial charge in [-0.15, -0.1) is 0 Å². The highest BCUT2D eigenvalue weighted by atomic mass is 16.6. The molecule has 0 saturated carbocycles. The zero-order valence-electron chi connectivity index (χ0n) is 13.2. The Balaban J connectivity index is 1.67. The molecular weight excluding hydrogens is 312 g/mol. The first kappa shape index (κ1) is 17.7. The van der Waals surface area contributed by atoms with Crippen molar-refractivity contribution in [1.82, 2.24) is 5.32 Å². The van der Waals surface area contributed by atoms with Crippen molar-refractivity contribution < 1.29 is 14.5 Å². The third kappa shape index (κ3) is 5.21. The van der Waals surface area contributed by atoms with E-state index in [4.69, 9.17) is 10.00 Å². The molecule has 0 aromatic heterocycles. The van der Waals surface area contributed by atoms with E-state index in [1.165, 1.54) is 12.1 Å². The van der Waals surface area contributed by atoms with E-state index in [1.54, 1.807) is 12.1 Å². The van der Waals surface area contributed by atoms with Crippen LogP contribution in [0.25, 0.3) is 0 Å². The Bertz CT molecular complexity index is 605. The Kier molecular flexibility index (Phi) is 6.51.